The highest BCUT2D eigenvalue weighted by Gasteiger charge is 2.30. The van der Waals surface area contributed by atoms with Crippen LogP contribution in [-0.2, 0) is 0 Å². The lowest BCUT2D eigenvalue weighted by atomic mass is 9.70. The van der Waals surface area contributed by atoms with E-state index in [1.807, 2.05) is 65.6 Å². The molecule has 1 aliphatic carbocycles. The number of hydrogen-bond donors (Lipinski definition) is 1. The van der Waals surface area contributed by atoms with Crippen LogP contribution < -0.4 is 4.90 Å². The fraction of sp³-hybridized carbons (Fsp3) is 0.108. The Labute approximate surface area is 232 Å². The van der Waals surface area contributed by atoms with Crippen molar-refractivity contribution in [3.63, 3.8) is 0 Å². The van der Waals surface area contributed by atoms with Crippen molar-refractivity contribution in [1.82, 2.24) is 0 Å². The van der Waals surface area contributed by atoms with Gasteiger partial charge in [-0.3, -0.25) is 10.3 Å². The number of benzene rings is 4. The Balaban J connectivity index is 1.56. The second-order valence-corrected chi connectivity index (χ2v) is 9.97. The minimum absolute atomic E-state index is 0.111. The van der Waals surface area contributed by atoms with E-state index in [4.69, 9.17) is 5.41 Å². The van der Waals surface area contributed by atoms with Crippen LogP contribution in [0.3, 0.4) is 0 Å². The van der Waals surface area contributed by atoms with Gasteiger partial charge in [-0.1, -0.05) is 103 Å². The molecule has 192 valence electrons. The molecular formula is C37H34N2. The molecule has 2 unspecified atom stereocenters. The minimum atomic E-state index is 0.111. The third kappa shape index (κ3) is 5.06. The van der Waals surface area contributed by atoms with Crippen LogP contribution in [0.2, 0.25) is 0 Å². The Hall–Kier alpha value is -4.69. The molecule has 0 fully saturated rings. The maximum atomic E-state index is 9.06. The highest BCUT2D eigenvalue weighted by Crippen LogP contribution is 2.46. The highest BCUT2D eigenvalue weighted by atomic mass is 15.2. The minimum Gasteiger partial charge on any atom is -0.295 e. The monoisotopic (exact) mass is 506 g/mol. The molecule has 0 aromatic heterocycles. The molecule has 0 radical (unpaired) electrons. The number of rotatable bonds is 7. The zero-order valence-electron chi connectivity index (χ0n) is 22.6. The summed E-state index contributed by atoms with van der Waals surface area (Å²) in [6.45, 7) is 12.8. The second-order valence-electron chi connectivity index (χ2n) is 9.97. The summed E-state index contributed by atoms with van der Waals surface area (Å²) in [5.41, 5.74) is 10.3. The van der Waals surface area contributed by atoms with Crippen LogP contribution in [0.1, 0.15) is 29.2 Å². The zero-order chi connectivity index (χ0) is 27.4. The number of anilines is 2. The predicted octanol–water partition coefficient (Wildman–Crippen LogP) is 9.63. The standard InChI is InChI=1S/C37H34N2/c1-5-32-33(6-2)36(34-20-14-13-15-26(34)3)27(4)25-35(32)28-21-23-31(24-22-28)39(30-18-11-8-12-19-30)37(38)29-16-9-7-10-17-29/h5-25,32-33,38H,1-2H2,3-4H3. The molecule has 5 rings (SSSR count). The normalized spacial score (nSPS) is 16.8. The number of aryl methyl sites for hydroxylation is 1. The molecule has 2 atom stereocenters. The number of hydrogen-bond acceptors (Lipinski definition) is 1. The molecule has 4 aromatic rings. The zero-order valence-corrected chi connectivity index (χ0v) is 22.6. The van der Waals surface area contributed by atoms with E-state index in [1.54, 1.807) is 0 Å². The predicted molar refractivity (Wildman–Crippen MR) is 167 cm³/mol. The molecule has 0 bridgehead atoms. The van der Waals surface area contributed by atoms with Crippen molar-refractivity contribution < 1.29 is 0 Å². The van der Waals surface area contributed by atoms with Gasteiger partial charge < -0.3 is 0 Å². The number of amidine groups is 1. The third-order valence-electron chi connectivity index (χ3n) is 7.56. The van der Waals surface area contributed by atoms with E-state index in [0.29, 0.717) is 5.84 Å². The summed E-state index contributed by atoms with van der Waals surface area (Å²) in [5, 5.41) is 9.06. The van der Waals surface area contributed by atoms with Crippen molar-refractivity contribution >= 4 is 28.4 Å². The molecule has 4 aromatic carbocycles. The molecule has 0 aliphatic heterocycles. The quantitative estimate of drug-likeness (QED) is 0.151. The molecule has 0 spiro atoms. The fourth-order valence-electron chi connectivity index (χ4n) is 5.64. The van der Waals surface area contributed by atoms with Crippen LogP contribution >= 0.6 is 0 Å². The highest BCUT2D eigenvalue weighted by molar-refractivity contribution is 6.12. The lowest BCUT2D eigenvalue weighted by Gasteiger charge is -2.33. The van der Waals surface area contributed by atoms with E-state index in [-0.39, 0.29) is 11.8 Å². The van der Waals surface area contributed by atoms with Crippen molar-refractivity contribution in [2.45, 2.75) is 13.8 Å². The topological polar surface area (TPSA) is 27.1 Å². The smallest absolute Gasteiger partial charge is 0.137 e. The largest absolute Gasteiger partial charge is 0.295 e. The Bertz CT molecular complexity index is 1560. The Kier molecular flexibility index (Phi) is 7.56. The average Bonchev–Trinajstić information content (AvgIpc) is 2.98. The van der Waals surface area contributed by atoms with Gasteiger partial charge in [0.1, 0.15) is 5.84 Å². The molecule has 1 aliphatic rings. The average molecular weight is 507 g/mol. The first-order valence-electron chi connectivity index (χ1n) is 13.4. The third-order valence-corrected chi connectivity index (χ3v) is 7.56. The molecular weight excluding hydrogens is 472 g/mol. The summed E-state index contributed by atoms with van der Waals surface area (Å²) >= 11 is 0. The van der Waals surface area contributed by atoms with Gasteiger partial charge in [-0.25, -0.2) is 0 Å². The van der Waals surface area contributed by atoms with Crippen molar-refractivity contribution in [1.29, 1.82) is 5.41 Å². The van der Waals surface area contributed by atoms with E-state index in [1.165, 1.54) is 27.8 Å². The van der Waals surface area contributed by atoms with Crippen molar-refractivity contribution in [2.24, 2.45) is 11.8 Å². The molecule has 0 saturated carbocycles. The van der Waals surface area contributed by atoms with Crippen molar-refractivity contribution in [3.05, 3.63) is 168 Å². The first kappa shape index (κ1) is 25.9. The molecule has 0 amide bonds. The van der Waals surface area contributed by atoms with Gasteiger partial charge in [-0.2, -0.15) is 0 Å². The van der Waals surface area contributed by atoms with E-state index in [2.05, 4.69) is 93.8 Å². The Morgan fingerprint density at radius 2 is 1.26 bits per heavy atom. The van der Waals surface area contributed by atoms with Crippen molar-refractivity contribution in [3.8, 4) is 0 Å². The van der Waals surface area contributed by atoms with Gasteiger partial charge in [0, 0.05) is 28.8 Å². The summed E-state index contributed by atoms with van der Waals surface area (Å²) in [5.74, 6) is 0.679. The van der Waals surface area contributed by atoms with Crippen LogP contribution in [0.15, 0.2) is 146 Å². The lowest BCUT2D eigenvalue weighted by molar-refractivity contribution is 0.700. The maximum Gasteiger partial charge on any atom is 0.137 e. The fourth-order valence-corrected chi connectivity index (χ4v) is 5.64. The van der Waals surface area contributed by atoms with E-state index in [0.717, 1.165) is 22.5 Å². The number of para-hydroxylation sites is 1. The summed E-state index contributed by atoms with van der Waals surface area (Å²) in [7, 11) is 0. The molecule has 39 heavy (non-hydrogen) atoms. The summed E-state index contributed by atoms with van der Waals surface area (Å²) < 4.78 is 0. The Morgan fingerprint density at radius 1 is 0.692 bits per heavy atom. The number of nitrogens with one attached hydrogen (secondary N) is 1. The van der Waals surface area contributed by atoms with Crippen molar-refractivity contribution in [2.75, 3.05) is 4.90 Å². The first-order chi connectivity index (χ1) is 19.0. The van der Waals surface area contributed by atoms with Gasteiger partial charge in [0.15, 0.2) is 0 Å². The van der Waals surface area contributed by atoms with Gasteiger partial charge >= 0.3 is 0 Å². The van der Waals surface area contributed by atoms with Gasteiger partial charge in [0.05, 0.1) is 0 Å². The van der Waals surface area contributed by atoms with Gasteiger partial charge in [-0.15, -0.1) is 13.2 Å². The SMILES string of the molecule is C=CC1C(c2ccc(N(C(=N)c3ccccc3)c3ccccc3)cc2)=CC(C)=C(c2ccccc2C)C1C=C. The summed E-state index contributed by atoms with van der Waals surface area (Å²) in [6, 6.07) is 37.1. The summed E-state index contributed by atoms with van der Waals surface area (Å²) in [4.78, 5) is 1.99. The van der Waals surface area contributed by atoms with Crippen LogP contribution in [0, 0.1) is 24.2 Å². The van der Waals surface area contributed by atoms with Crippen LogP contribution in [0.4, 0.5) is 11.4 Å². The second kappa shape index (κ2) is 11.4. The Morgan fingerprint density at radius 3 is 1.87 bits per heavy atom. The van der Waals surface area contributed by atoms with Crippen LogP contribution in [-0.4, -0.2) is 5.84 Å². The number of nitrogens with zero attached hydrogens (tertiary/aromatic N) is 1. The van der Waals surface area contributed by atoms with Crippen LogP contribution in [0.25, 0.3) is 11.1 Å². The van der Waals surface area contributed by atoms with E-state index in [9.17, 15) is 0 Å². The van der Waals surface area contributed by atoms with Gasteiger partial charge in [0.2, 0.25) is 0 Å². The first-order valence-corrected chi connectivity index (χ1v) is 13.4. The molecule has 2 nitrogen and oxygen atoms in total. The molecule has 0 heterocycles. The summed E-state index contributed by atoms with van der Waals surface area (Å²) in [6.07, 6.45) is 6.43. The van der Waals surface area contributed by atoms with Gasteiger partial charge in [-0.05, 0) is 71.5 Å². The van der Waals surface area contributed by atoms with Gasteiger partial charge in [0.25, 0.3) is 0 Å². The lowest BCUT2D eigenvalue weighted by Crippen LogP contribution is -2.26. The van der Waals surface area contributed by atoms with E-state index >= 15 is 0 Å². The molecule has 2 heteroatoms. The molecule has 1 N–H and O–H groups in total. The number of allylic oxidation sites excluding steroid dienone is 6. The van der Waals surface area contributed by atoms with E-state index < -0.39 is 0 Å². The van der Waals surface area contributed by atoms with Crippen LogP contribution in [0.5, 0.6) is 0 Å². The molecule has 0 saturated heterocycles. The maximum absolute atomic E-state index is 9.06.